The van der Waals surface area contributed by atoms with Gasteiger partial charge in [-0.1, -0.05) is 35.9 Å². The van der Waals surface area contributed by atoms with Crippen LogP contribution in [0.25, 0.3) is 0 Å². The van der Waals surface area contributed by atoms with Crippen LogP contribution in [-0.2, 0) is 13.2 Å². The number of halogens is 2. The van der Waals surface area contributed by atoms with Gasteiger partial charge < -0.3 is 10.5 Å². The summed E-state index contributed by atoms with van der Waals surface area (Å²) in [5.74, 6) is 0.792. The summed E-state index contributed by atoms with van der Waals surface area (Å²) >= 11 is 9.40. The maximum absolute atomic E-state index is 5.93. The molecule has 0 saturated carbocycles. The Bertz CT molecular complexity index is 545. The smallest absolute Gasteiger partial charge is 0.138 e. The first-order valence-electron chi connectivity index (χ1n) is 5.55. The molecule has 2 aromatic rings. The highest BCUT2D eigenvalue weighted by Gasteiger charge is 2.07. The minimum absolute atomic E-state index is 0.449. The molecule has 0 heterocycles. The van der Waals surface area contributed by atoms with Crippen LogP contribution in [0.4, 0.5) is 0 Å². The molecular formula is C14H13BrClNO. The first-order chi connectivity index (χ1) is 8.70. The quantitative estimate of drug-likeness (QED) is 0.916. The lowest BCUT2D eigenvalue weighted by atomic mass is 10.2. The van der Waals surface area contributed by atoms with Gasteiger partial charge >= 0.3 is 0 Å². The van der Waals surface area contributed by atoms with E-state index in [1.165, 1.54) is 0 Å². The van der Waals surface area contributed by atoms with Crippen molar-refractivity contribution >= 4 is 27.5 Å². The van der Waals surface area contributed by atoms with E-state index in [0.717, 1.165) is 21.3 Å². The van der Waals surface area contributed by atoms with E-state index in [4.69, 9.17) is 22.1 Å². The highest BCUT2D eigenvalue weighted by molar-refractivity contribution is 9.10. The molecule has 0 fully saturated rings. The van der Waals surface area contributed by atoms with Crippen molar-refractivity contribution in [2.24, 2.45) is 5.73 Å². The van der Waals surface area contributed by atoms with Gasteiger partial charge in [0.15, 0.2) is 0 Å². The monoisotopic (exact) mass is 325 g/mol. The number of para-hydroxylation sites is 1. The van der Waals surface area contributed by atoms with Gasteiger partial charge in [0, 0.05) is 17.1 Å². The fourth-order valence-electron chi connectivity index (χ4n) is 1.66. The molecule has 2 aromatic carbocycles. The normalized spacial score (nSPS) is 10.4. The molecular weight excluding hydrogens is 314 g/mol. The largest absolute Gasteiger partial charge is 0.487 e. The molecule has 2 N–H and O–H groups in total. The number of rotatable bonds is 4. The van der Waals surface area contributed by atoms with Crippen LogP contribution in [0.15, 0.2) is 46.9 Å². The number of nitrogens with two attached hydrogens (primary N) is 1. The van der Waals surface area contributed by atoms with Gasteiger partial charge in [0.25, 0.3) is 0 Å². The van der Waals surface area contributed by atoms with E-state index in [1.807, 2.05) is 42.5 Å². The Hall–Kier alpha value is -1.03. The van der Waals surface area contributed by atoms with Crippen molar-refractivity contribution < 1.29 is 4.74 Å². The summed E-state index contributed by atoms with van der Waals surface area (Å²) in [5, 5.41) is 0.710. The Balaban J connectivity index is 2.15. The summed E-state index contributed by atoms with van der Waals surface area (Å²) in [6.45, 7) is 0.917. The van der Waals surface area contributed by atoms with Crippen molar-refractivity contribution in [1.29, 1.82) is 0 Å². The zero-order chi connectivity index (χ0) is 13.0. The summed E-state index contributed by atoms with van der Waals surface area (Å²) in [6.07, 6.45) is 0. The van der Waals surface area contributed by atoms with Gasteiger partial charge in [-0.25, -0.2) is 0 Å². The standard InChI is InChI=1S/C14H13BrClNO/c15-13-6-2-4-11(8-17)14(13)18-9-10-3-1-5-12(16)7-10/h1-7H,8-9,17H2. The number of ether oxygens (including phenoxy) is 1. The maximum atomic E-state index is 5.93. The van der Waals surface area contributed by atoms with Gasteiger partial charge in [0.05, 0.1) is 4.47 Å². The van der Waals surface area contributed by atoms with Crippen LogP contribution in [0.2, 0.25) is 5.02 Å². The summed E-state index contributed by atoms with van der Waals surface area (Å²) in [6, 6.07) is 13.5. The van der Waals surface area contributed by atoms with Crippen molar-refractivity contribution in [3.05, 3.63) is 63.1 Å². The number of hydrogen-bond donors (Lipinski definition) is 1. The molecule has 0 spiro atoms. The maximum Gasteiger partial charge on any atom is 0.138 e. The van der Waals surface area contributed by atoms with Gasteiger partial charge in [0.1, 0.15) is 12.4 Å². The third-order valence-electron chi connectivity index (χ3n) is 2.54. The first-order valence-corrected chi connectivity index (χ1v) is 6.72. The van der Waals surface area contributed by atoms with Crippen LogP contribution >= 0.6 is 27.5 Å². The van der Waals surface area contributed by atoms with Gasteiger partial charge in [-0.2, -0.15) is 0 Å². The van der Waals surface area contributed by atoms with Gasteiger partial charge in [0.2, 0.25) is 0 Å². The predicted octanol–water partition coefficient (Wildman–Crippen LogP) is 4.14. The lowest BCUT2D eigenvalue weighted by Gasteiger charge is -2.12. The molecule has 0 aliphatic carbocycles. The highest BCUT2D eigenvalue weighted by Crippen LogP contribution is 2.29. The molecule has 0 radical (unpaired) electrons. The molecule has 0 aromatic heterocycles. The Morgan fingerprint density at radius 2 is 1.94 bits per heavy atom. The van der Waals surface area contributed by atoms with Gasteiger partial charge in [-0.15, -0.1) is 0 Å². The minimum atomic E-state index is 0.449. The minimum Gasteiger partial charge on any atom is -0.487 e. The Labute approximate surface area is 120 Å². The average molecular weight is 327 g/mol. The van der Waals surface area contributed by atoms with E-state index in [0.29, 0.717) is 18.2 Å². The van der Waals surface area contributed by atoms with Crippen LogP contribution in [0.5, 0.6) is 5.75 Å². The molecule has 0 unspecified atom stereocenters. The van der Waals surface area contributed by atoms with Crippen LogP contribution < -0.4 is 10.5 Å². The fourth-order valence-corrected chi connectivity index (χ4v) is 2.39. The molecule has 0 amide bonds. The molecule has 0 aliphatic heterocycles. The summed E-state index contributed by atoms with van der Waals surface area (Å²) in [5.41, 5.74) is 7.70. The number of hydrogen-bond acceptors (Lipinski definition) is 2. The van der Waals surface area contributed by atoms with E-state index < -0.39 is 0 Å². The Morgan fingerprint density at radius 1 is 1.17 bits per heavy atom. The Morgan fingerprint density at radius 3 is 2.67 bits per heavy atom. The summed E-state index contributed by atoms with van der Waals surface area (Å²) < 4.78 is 6.72. The topological polar surface area (TPSA) is 35.2 Å². The van der Waals surface area contributed by atoms with Crippen molar-refractivity contribution in [2.45, 2.75) is 13.2 Å². The van der Waals surface area contributed by atoms with E-state index in [9.17, 15) is 0 Å². The zero-order valence-electron chi connectivity index (χ0n) is 9.70. The van der Waals surface area contributed by atoms with Gasteiger partial charge in [-0.05, 0) is 39.7 Å². The predicted molar refractivity (Wildman–Crippen MR) is 77.8 cm³/mol. The zero-order valence-corrected chi connectivity index (χ0v) is 12.0. The SMILES string of the molecule is NCc1cccc(Br)c1OCc1cccc(Cl)c1. The van der Waals surface area contributed by atoms with Crippen molar-refractivity contribution in [1.82, 2.24) is 0 Å². The molecule has 0 bridgehead atoms. The van der Waals surface area contributed by atoms with Crippen LogP contribution in [-0.4, -0.2) is 0 Å². The second-order valence-corrected chi connectivity index (χ2v) is 5.14. The summed E-state index contributed by atoms with van der Waals surface area (Å²) in [7, 11) is 0. The number of benzene rings is 2. The van der Waals surface area contributed by atoms with E-state index in [-0.39, 0.29) is 0 Å². The van der Waals surface area contributed by atoms with Gasteiger partial charge in [-0.3, -0.25) is 0 Å². The third kappa shape index (κ3) is 3.25. The van der Waals surface area contributed by atoms with Crippen molar-refractivity contribution in [3.63, 3.8) is 0 Å². The van der Waals surface area contributed by atoms with E-state index in [2.05, 4.69) is 15.9 Å². The molecule has 18 heavy (non-hydrogen) atoms. The second kappa shape index (κ2) is 6.23. The molecule has 4 heteroatoms. The van der Waals surface area contributed by atoms with Crippen LogP contribution in [0.1, 0.15) is 11.1 Å². The van der Waals surface area contributed by atoms with E-state index >= 15 is 0 Å². The molecule has 0 saturated heterocycles. The lowest BCUT2D eigenvalue weighted by Crippen LogP contribution is -2.03. The van der Waals surface area contributed by atoms with Crippen molar-refractivity contribution in [2.75, 3.05) is 0 Å². The molecule has 0 atom stereocenters. The van der Waals surface area contributed by atoms with Crippen LogP contribution in [0.3, 0.4) is 0 Å². The average Bonchev–Trinajstić information content (AvgIpc) is 2.37. The third-order valence-corrected chi connectivity index (χ3v) is 3.40. The van der Waals surface area contributed by atoms with Crippen molar-refractivity contribution in [3.8, 4) is 5.75 Å². The molecule has 2 rings (SSSR count). The van der Waals surface area contributed by atoms with Crippen LogP contribution in [0, 0.1) is 0 Å². The van der Waals surface area contributed by atoms with E-state index in [1.54, 1.807) is 0 Å². The first kappa shape index (κ1) is 13.4. The molecule has 0 aliphatic rings. The summed E-state index contributed by atoms with van der Waals surface area (Å²) in [4.78, 5) is 0. The lowest BCUT2D eigenvalue weighted by molar-refractivity contribution is 0.301. The molecule has 2 nitrogen and oxygen atoms in total. The molecule has 94 valence electrons. The highest BCUT2D eigenvalue weighted by atomic mass is 79.9. The Kier molecular flexibility index (Phi) is 4.64. The fraction of sp³-hybridized carbons (Fsp3) is 0.143. The second-order valence-electron chi connectivity index (χ2n) is 3.85.